The van der Waals surface area contributed by atoms with Crippen LogP contribution in [0.2, 0.25) is 10.0 Å². The van der Waals surface area contributed by atoms with Crippen LogP contribution in [0, 0.1) is 17.1 Å². The van der Waals surface area contributed by atoms with E-state index >= 15 is 0 Å². The van der Waals surface area contributed by atoms with Crippen LogP contribution in [0.1, 0.15) is 11.1 Å². The summed E-state index contributed by atoms with van der Waals surface area (Å²) in [6.07, 6.45) is 0. The van der Waals surface area contributed by atoms with E-state index in [1.165, 1.54) is 18.2 Å². The monoisotopic (exact) mass is 295 g/mol. The van der Waals surface area contributed by atoms with Crippen molar-refractivity contribution in [2.75, 3.05) is 0 Å². The quantitative estimate of drug-likeness (QED) is 0.830. The van der Waals surface area contributed by atoms with Gasteiger partial charge in [-0.2, -0.15) is 5.26 Å². The van der Waals surface area contributed by atoms with E-state index in [9.17, 15) is 4.39 Å². The molecule has 0 spiro atoms. The Bertz CT molecular complexity index is 632. The molecule has 2 aromatic carbocycles. The highest BCUT2D eigenvalue weighted by atomic mass is 35.5. The molecule has 0 heterocycles. The number of nitrogens with zero attached hydrogens (tertiary/aromatic N) is 1. The van der Waals surface area contributed by atoms with Gasteiger partial charge in [-0.3, -0.25) is 0 Å². The molecule has 0 bridgehead atoms. The van der Waals surface area contributed by atoms with Crippen molar-refractivity contribution in [3.05, 3.63) is 63.4 Å². The lowest BCUT2D eigenvalue weighted by Gasteiger charge is -2.10. The lowest BCUT2D eigenvalue weighted by Crippen LogP contribution is -1.99. The van der Waals surface area contributed by atoms with Crippen LogP contribution in [0.15, 0.2) is 36.4 Å². The van der Waals surface area contributed by atoms with Gasteiger partial charge in [0.05, 0.1) is 16.7 Å². The van der Waals surface area contributed by atoms with E-state index in [2.05, 4.69) is 0 Å². The number of rotatable bonds is 3. The molecule has 0 unspecified atom stereocenters. The van der Waals surface area contributed by atoms with E-state index < -0.39 is 5.82 Å². The fourth-order valence-corrected chi connectivity index (χ4v) is 1.96. The molecule has 0 radical (unpaired) electrons. The molecular weight excluding hydrogens is 288 g/mol. The molecule has 0 saturated carbocycles. The Morgan fingerprint density at radius 2 is 1.95 bits per heavy atom. The maximum absolute atomic E-state index is 13.5. The van der Waals surface area contributed by atoms with Gasteiger partial charge >= 0.3 is 0 Å². The van der Waals surface area contributed by atoms with Gasteiger partial charge in [-0.15, -0.1) is 0 Å². The first kappa shape index (κ1) is 13.7. The summed E-state index contributed by atoms with van der Waals surface area (Å²) >= 11 is 11.8. The van der Waals surface area contributed by atoms with E-state index in [-0.39, 0.29) is 17.4 Å². The van der Waals surface area contributed by atoms with Gasteiger partial charge in [0.1, 0.15) is 6.61 Å². The van der Waals surface area contributed by atoms with Crippen LogP contribution in [0.4, 0.5) is 4.39 Å². The van der Waals surface area contributed by atoms with E-state index in [1.807, 2.05) is 6.07 Å². The SMILES string of the molecule is N#Cc1ccc(COc2c(F)cccc2Cl)c(Cl)c1. The molecule has 0 aliphatic carbocycles. The largest absolute Gasteiger partial charge is 0.484 e. The maximum Gasteiger partial charge on any atom is 0.174 e. The lowest BCUT2D eigenvalue weighted by atomic mass is 10.1. The number of hydrogen-bond donors (Lipinski definition) is 0. The minimum absolute atomic E-state index is 0.00964. The summed E-state index contributed by atoms with van der Waals surface area (Å²) in [6, 6.07) is 11.1. The van der Waals surface area contributed by atoms with Gasteiger partial charge in [0.15, 0.2) is 11.6 Å². The van der Waals surface area contributed by atoms with Gasteiger partial charge in [0, 0.05) is 10.6 Å². The molecule has 19 heavy (non-hydrogen) atoms. The standard InChI is InChI=1S/C14H8Cl2FNO/c15-11-2-1-3-13(17)14(11)19-8-10-5-4-9(7-18)6-12(10)16/h1-6H,8H2. The molecule has 0 N–H and O–H groups in total. The molecule has 0 aliphatic heterocycles. The van der Waals surface area contributed by atoms with Crippen LogP contribution in [0.3, 0.4) is 0 Å². The zero-order valence-corrected chi connectivity index (χ0v) is 11.2. The average molecular weight is 296 g/mol. The second-order valence-corrected chi connectivity index (χ2v) is 4.57. The fraction of sp³-hybridized carbons (Fsp3) is 0.0714. The van der Waals surface area contributed by atoms with E-state index in [1.54, 1.807) is 18.2 Å². The Kier molecular flexibility index (Phi) is 4.26. The second kappa shape index (κ2) is 5.92. The first-order valence-electron chi connectivity index (χ1n) is 5.37. The van der Waals surface area contributed by atoms with Gasteiger partial charge < -0.3 is 4.74 Å². The number of hydrogen-bond acceptors (Lipinski definition) is 2. The summed E-state index contributed by atoms with van der Waals surface area (Å²) < 4.78 is 18.8. The van der Waals surface area contributed by atoms with Crippen molar-refractivity contribution in [3.63, 3.8) is 0 Å². The normalized spacial score (nSPS) is 10.0. The van der Waals surface area contributed by atoms with Crippen LogP contribution in [-0.2, 0) is 6.61 Å². The Hall–Kier alpha value is -1.76. The molecule has 96 valence electrons. The van der Waals surface area contributed by atoms with Crippen LogP contribution in [0.25, 0.3) is 0 Å². The second-order valence-electron chi connectivity index (χ2n) is 3.76. The Morgan fingerprint density at radius 1 is 1.16 bits per heavy atom. The van der Waals surface area contributed by atoms with Crippen LogP contribution in [-0.4, -0.2) is 0 Å². The maximum atomic E-state index is 13.5. The first-order valence-corrected chi connectivity index (χ1v) is 6.12. The summed E-state index contributed by atoms with van der Waals surface area (Å²) in [4.78, 5) is 0. The third-order valence-corrected chi connectivity index (χ3v) is 3.12. The highest BCUT2D eigenvalue weighted by molar-refractivity contribution is 6.32. The summed E-state index contributed by atoms with van der Waals surface area (Å²) in [5.41, 5.74) is 1.11. The lowest BCUT2D eigenvalue weighted by molar-refractivity contribution is 0.290. The van der Waals surface area contributed by atoms with E-state index in [0.29, 0.717) is 16.1 Å². The minimum atomic E-state index is -0.530. The Labute approximate surface area is 119 Å². The van der Waals surface area contributed by atoms with Crippen molar-refractivity contribution in [2.24, 2.45) is 0 Å². The topological polar surface area (TPSA) is 33.0 Å². The number of halogens is 3. The predicted molar refractivity (Wildman–Crippen MR) is 71.9 cm³/mol. The average Bonchev–Trinajstić information content (AvgIpc) is 2.39. The van der Waals surface area contributed by atoms with Crippen molar-refractivity contribution < 1.29 is 9.13 Å². The van der Waals surface area contributed by atoms with Gasteiger partial charge in [-0.25, -0.2) is 4.39 Å². The molecule has 2 rings (SSSR count). The highest BCUT2D eigenvalue weighted by Gasteiger charge is 2.09. The van der Waals surface area contributed by atoms with Crippen LogP contribution in [0.5, 0.6) is 5.75 Å². The summed E-state index contributed by atoms with van der Waals surface area (Å²) in [5, 5.41) is 9.32. The first-order chi connectivity index (χ1) is 9.11. The van der Waals surface area contributed by atoms with Crippen molar-refractivity contribution in [2.45, 2.75) is 6.61 Å². The number of benzene rings is 2. The highest BCUT2D eigenvalue weighted by Crippen LogP contribution is 2.29. The molecule has 5 heteroatoms. The van der Waals surface area contributed by atoms with Gasteiger partial charge in [0.25, 0.3) is 0 Å². The molecule has 0 amide bonds. The zero-order valence-electron chi connectivity index (χ0n) is 9.66. The van der Waals surface area contributed by atoms with Gasteiger partial charge in [0.2, 0.25) is 0 Å². The fourth-order valence-electron chi connectivity index (χ4n) is 1.50. The van der Waals surface area contributed by atoms with Crippen molar-refractivity contribution in [1.29, 1.82) is 5.26 Å². The predicted octanol–water partition coefficient (Wildman–Crippen LogP) is 4.58. The smallest absolute Gasteiger partial charge is 0.174 e. The molecule has 0 fully saturated rings. The van der Waals surface area contributed by atoms with Gasteiger partial charge in [-0.05, 0) is 24.3 Å². The van der Waals surface area contributed by atoms with Crippen molar-refractivity contribution in [1.82, 2.24) is 0 Å². The van der Waals surface area contributed by atoms with E-state index in [0.717, 1.165) is 0 Å². The molecule has 2 aromatic rings. The zero-order chi connectivity index (χ0) is 13.8. The molecule has 0 saturated heterocycles. The van der Waals surface area contributed by atoms with Crippen molar-refractivity contribution >= 4 is 23.2 Å². The summed E-state index contributed by atoms with van der Waals surface area (Å²) in [5.74, 6) is -0.540. The molecule has 0 aliphatic rings. The van der Waals surface area contributed by atoms with E-state index in [4.69, 9.17) is 33.2 Å². The summed E-state index contributed by atoms with van der Waals surface area (Å²) in [6.45, 7) is 0.0746. The third-order valence-electron chi connectivity index (χ3n) is 2.47. The number of para-hydroxylation sites is 1. The Morgan fingerprint density at radius 3 is 2.58 bits per heavy atom. The molecule has 0 atom stereocenters. The van der Waals surface area contributed by atoms with Crippen LogP contribution < -0.4 is 4.74 Å². The summed E-state index contributed by atoms with van der Waals surface area (Å²) in [7, 11) is 0. The third kappa shape index (κ3) is 3.17. The molecule has 0 aromatic heterocycles. The molecular formula is C14H8Cl2FNO. The number of nitriles is 1. The minimum Gasteiger partial charge on any atom is -0.484 e. The Balaban J connectivity index is 2.17. The van der Waals surface area contributed by atoms with Gasteiger partial charge in [-0.1, -0.05) is 35.3 Å². The van der Waals surface area contributed by atoms with Crippen LogP contribution >= 0.6 is 23.2 Å². The number of ether oxygens (including phenoxy) is 1. The molecule has 2 nitrogen and oxygen atoms in total. The van der Waals surface area contributed by atoms with Crippen molar-refractivity contribution in [3.8, 4) is 11.8 Å².